The molecule has 0 aliphatic heterocycles. The number of ether oxygens (including phenoxy) is 2. The van der Waals surface area contributed by atoms with E-state index in [1.165, 1.54) is 18.4 Å². The first-order chi connectivity index (χ1) is 27.6. The maximum Gasteiger partial charge on any atom is 0.338 e. The van der Waals surface area contributed by atoms with Crippen molar-refractivity contribution in [3.05, 3.63) is 155 Å². The molecule has 4 aromatic rings. The van der Waals surface area contributed by atoms with Crippen molar-refractivity contribution in [1.29, 1.82) is 0 Å². The lowest BCUT2D eigenvalue weighted by atomic mass is 9.47. The normalized spacial score (nSPS) is 30.6. The number of fused-ring (bicyclic) bond motifs is 5. The van der Waals surface area contributed by atoms with Gasteiger partial charge in [-0.1, -0.05) is 161 Å². The molecular weight excluding hydrogens is 701 g/mol. The van der Waals surface area contributed by atoms with E-state index in [9.17, 15) is 9.90 Å². The maximum absolute atomic E-state index is 12.9. The molecule has 3 saturated carbocycles. The topological polar surface area (TPSA) is 55.8 Å². The summed E-state index contributed by atoms with van der Waals surface area (Å²) >= 11 is 0. The first-order valence-electron chi connectivity index (χ1n) is 22.1. The molecule has 8 rings (SSSR count). The summed E-state index contributed by atoms with van der Waals surface area (Å²) in [6, 6.07) is 41.5. The van der Waals surface area contributed by atoms with Crippen molar-refractivity contribution in [2.45, 2.75) is 110 Å². The third-order valence-electron chi connectivity index (χ3n) is 15.5. The van der Waals surface area contributed by atoms with Crippen LogP contribution >= 0.6 is 0 Å². The highest BCUT2D eigenvalue weighted by Gasteiger charge is 2.61. The quantitative estimate of drug-likeness (QED) is 0.0837. The summed E-state index contributed by atoms with van der Waals surface area (Å²) in [6.07, 6.45) is 12.9. The number of aliphatic hydroxyl groups is 1. The van der Waals surface area contributed by atoms with Gasteiger partial charge in [0.2, 0.25) is 0 Å². The van der Waals surface area contributed by atoms with Crippen LogP contribution in [0.15, 0.2) is 133 Å². The van der Waals surface area contributed by atoms with Crippen LogP contribution in [0.1, 0.15) is 119 Å². The van der Waals surface area contributed by atoms with Crippen LogP contribution in [0, 0.1) is 46.3 Å². The van der Waals surface area contributed by atoms with Gasteiger partial charge in [-0.2, -0.15) is 0 Å². The zero-order valence-corrected chi connectivity index (χ0v) is 34.7. The maximum atomic E-state index is 12.9. The van der Waals surface area contributed by atoms with Crippen molar-refractivity contribution in [2.75, 3.05) is 6.61 Å². The third kappa shape index (κ3) is 7.58. The lowest BCUT2D eigenvalue weighted by molar-refractivity contribution is -0.0639. The lowest BCUT2D eigenvalue weighted by Gasteiger charge is -2.58. The van der Waals surface area contributed by atoms with Crippen LogP contribution in [0.5, 0.6) is 0 Å². The highest BCUT2D eigenvalue weighted by molar-refractivity contribution is 5.89. The molecule has 0 bridgehead atoms. The van der Waals surface area contributed by atoms with Crippen LogP contribution in [-0.4, -0.2) is 29.9 Å². The molecule has 300 valence electrons. The van der Waals surface area contributed by atoms with Crippen molar-refractivity contribution in [3.8, 4) is 0 Å². The Morgan fingerprint density at radius 3 is 1.95 bits per heavy atom. The molecule has 0 saturated heterocycles. The molecule has 10 atom stereocenters. The summed E-state index contributed by atoms with van der Waals surface area (Å²) in [5.41, 5.74) is 5.22. The van der Waals surface area contributed by atoms with Crippen LogP contribution in [0.3, 0.4) is 0 Å². The number of benzene rings is 4. The summed E-state index contributed by atoms with van der Waals surface area (Å²) < 4.78 is 13.2. The summed E-state index contributed by atoms with van der Waals surface area (Å²) in [6.45, 7) is 10.5. The Labute approximate surface area is 342 Å². The van der Waals surface area contributed by atoms with Gasteiger partial charge in [-0.25, -0.2) is 4.79 Å². The van der Waals surface area contributed by atoms with Crippen molar-refractivity contribution >= 4 is 5.97 Å². The third-order valence-corrected chi connectivity index (χ3v) is 15.5. The van der Waals surface area contributed by atoms with Gasteiger partial charge in [0.05, 0.1) is 18.3 Å². The van der Waals surface area contributed by atoms with Gasteiger partial charge < -0.3 is 14.6 Å². The minimum atomic E-state index is -0.692. The van der Waals surface area contributed by atoms with E-state index >= 15 is 0 Å². The number of rotatable bonds is 13. The summed E-state index contributed by atoms with van der Waals surface area (Å²) in [7, 11) is 0. The SMILES string of the molecule is C[C@@H](CCC[C@@H](C)[C@H]1[C@@H](O)C[C@H]2[C@@H]3CC=C4C[C@H](OC(=O)c5ccccc5)CC[C@]4(C)[C@H]3CC[C@]12C)COC(c1ccccc1)(c1ccccc1)c1ccccc1. The molecule has 4 aliphatic carbocycles. The average Bonchev–Trinajstić information content (AvgIpc) is 3.52. The van der Waals surface area contributed by atoms with E-state index in [1.54, 1.807) is 0 Å². The molecule has 0 radical (unpaired) electrons. The average molecular weight is 765 g/mol. The fourth-order valence-corrected chi connectivity index (χ4v) is 12.7. The molecule has 0 unspecified atom stereocenters. The van der Waals surface area contributed by atoms with E-state index in [-0.39, 0.29) is 29.0 Å². The Balaban J connectivity index is 0.897. The first kappa shape index (κ1) is 39.8. The Morgan fingerprint density at radius 2 is 1.35 bits per heavy atom. The van der Waals surface area contributed by atoms with E-state index < -0.39 is 5.60 Å². The molecule has 4 aliphatic rings. The van der Waals surface area contributed by atoms with Gasteiger partial charge in [-0.3, -0.25) is 0 Å². The number of hydrogen-bond acceptors (Lipinski definition) is 4. The van der Waals surface area contributed by atoms with Crippen LogP contribution in [0.25, 0.3) is 0 Å². The van der Waals surface area contributed by atoms with Gasteiger partial charge >= 0.3 is 5.97 Å². The molecule has 3 fully saturated rings. The fourth-order valence-electron chi connectivity index (χ4n) is 12.7. The second-order valence-corrected chi connectivity index (χ2v) is 18.9. The number of esters is 1. The molecule has 0 spiro atoms. The van der Waals surface area contributed by atoms with Crippen LogP contribution in [0.2, 0.25) is 0 Å². The Kier molecular flexibility index (Phi) is 11.7. The van der Waals surface area contributed by atoms with E-state index in [2.05, 4.69) is 125 Å². The standard InChI is InChI=1S/C53H64O4/c1-37(36-56-53(40-22-11-6-12-23-40,41-24-13-7-14-25-41)42-26-15-8-16-27-42)18-17-19-38(2)49-48(54)35-47-45-29-28-43-34-44(57-50(55)39-20-9-5-10-21-39)30-32-51(43,3)46(45)31-33-52(47,49)4/h5-16,20-28,37-38,44-49,54H,17-19,29-36H2,1-4H3/t37-,38+,44+,45+,46-,47-,48-,49-,51-,52-/m0/s1. The molecule has 0 heterocycles. The molecule has 4 heteroatoms. The summed E-state index contributed by atoms with van der Waals surface area (Å²) in [4.78, 5) is 12.9. The van der Waals surface area contributed by atoms with E-state index in [0.29, 0.717) is 47.7 Å². The second kappa shape index (κ2) is 16.7. The van der Waals surface area contributed by atoms with Gasteiger partial charge in [0.15, 0.2) is 0 Å². The second-order valence-electron chi connectivity index (χ2n) is 18.9. The van der Waals surface area contributed by atoms with Gasteiger partial charge in [0, 0.05) is 6.42 Å². The highest BCUT2D eigenvalue weighted by atomic mass is 16.5. The Morgan fingerprint density at radius 1 is 0.772 bits per heavy atom. The smallest absolute Gasteiger partial charge is 0.338 e. The number of aliphatic hydroxyl groups excluding tert-OH is 1. The molecule has 0 amide bonds. The monoisotopic (exact) mass is 764 g/mol. The van der Waals surface area contributed by atoms with E-state index in [4.69, 9.17) is 9.47 Å². The van der Waals surface area contributed by atoms with E-state index in [0.717, 1.165) is 68.1 Å². The highest BCUT2D eigenvalue weighted by Crippen LogP contribution is 2.67. The van der Waals surface area contributed by atoms with Crippen LogP contribution in [-0.2, 0) is 15.1 Å². The minimum Gasteiger partial charge on any atom is -0.458 e. The minimum absolute atomic E-state index is 0.0469. The molecule has 1 N–H and O–H groups in total. The van der Waals surface area contributed by atoms with Crippen LogP contribution in [0.4, 0.5) is 0 Å². The van der Waals surface area contributed by atoms with Gasteiger partial charge in [-0.15, -0.1) is 0 Å². The van der Waals surface area contributed by atoms with Gasteiger partial charge in [0.25, 0.3) is 0 Å². The first-order valence-corrected chi connectivity index (χ1v) is 22.1. The Bertz CT molecular complexity index is 1860. The zero-order chi connectivity index (χ0) is 39.6. The molecule has 4 nitrogen and oxygen atoms in total. The predicted octanol–water partition coefficient (Wildman–Crippen LogP) is 12.2. The predicted molar refractivity (Wildman–Crippen MR) is 230 cm³/mol. The molecule has 57 heavy (non-hydrogen) atoms. The van der Waals surface area contributed by atoms with Crippen LogP contribution < -0.4 is 0 Å². The summed E-state index contributed by atoms with van der Waals surface area (Å²) in [5.74, 6) is 2.80. The fraction of sp³-hybridized carbons (Fsp3) is 0.491. The number of allylic oxidation sites excluding steroid dienone is 1. The van der Waals surface area contributed by atoms with Crippen molar-refractivity contribution in [1.82, 2.24) is 0 Å². The number of carbonyl (C=O) groups is 1. The van der Waals surface area contributed by atoms with Gasteiger partial charge in [0.1, 0.15) is 11.7 Å². The number of carbonyl (C=O) groups excluding carboxylic acids is 1. The summed E-state index contributed by atoms with van der Waals surface area (Å²) in [5, 5.41) is 11.9. The molecule has 4 aromatic carbocycles. The largest absolute Gasteiger partial charge is 0.458 e. The zero-order valence-electron chi connectivity index (χ0n) is 34.7. The molecular formula is C53H64O4. The molecule has 0 aromatic heterocycles. The Hall–Kier alpha value is -3.99. The van der Waals surface area contributed by atoms with Crippen molar-refractivity contribution in [3.63, 3.8) is 0 Å². The van der Waals surface area contributed by atoms with Gasteiger partial charge in [-0.05, 0) is 120 Å². The van der Waals surface area contributed by atoms with E-state index in [1.807, 2.05) is 30.3 Å². The number of hydrogen-bond donors (Lipinski definition) is 1. The lowest BCUT2D eigenvalue weighted by Crippen LogP contribution is -2.51. The van der Waals surface area contributed by atoms with Crippen molar-refractivity contribution < 1.29 is 19.4 Å². The van der Waals surface area contributed by atoms with Crippen molar-refractivity contribution in [2.24, 2.45) is 46.3 Å².